The molecule has 1 amide bonds. The quantitative estimate of drug-likeness (QED) is 0.868. The lowest BCUT2D eigenvalue weighted by molar-refractivity contribution is -0.129. The minimum Gasteiger partial charge on any atom is -0.351 e. The third-order valence-corrected chi connectivity index (χ3v) is 4.51. The molecule has 1 aliphatic heterocycles. The van der Waals surface area contributed by atoms with Crippen molar-refractivity contribution in [2.24, 2.45) is 5.41 Å². The maximum atomic E-state index is 12.1. The highest BCUT2D eigenvalue weighted by atomic mass is 35.5. The Morgan fingerprint density at radius 2 is 2.20 bits per heavy atom. The molecule has 0 aliphatic carbocycles. The van der Waals surface area contributed by atoms with Gasteiger partial charge in [0, 0.05) is 35.8 Å². The minimum absolute atomic E-state index is 0.0221. The fraction of sp³-hybridized carbons (Fsp3) is 0.600. The Bertz CT molecular complexity index is 590. The van der Waals surface area contributed by atoms with Crippen LogP contribution in [0.5, 0.6) is 0 Å². The number of nitrogens with one attached hydrogen (secondary N) is 1. The van der Waals surface area contributed by atoms with Crippen molar-refractivity contribution in [3.8, 4) is 0 Å². The molecule has 2 heterocycles. The van der Waals surface area contributed by atoms with Crippen LogP contribution in [-0.4, -0.2) is 10.5 Å². The van der Waals surface area contributed by atoms with Crippen LogP contribution < -0.4 is 10.7 Å². The van der Waals surface area contributed by atoms with E-state index >= 15 is 0 Å². The number of carbonyl (C=O) groups is 1. The summed E-state index contributed by atoms with van der Waals surface area (Å²) in [5, 5.41) is 3.38. The van der Waals surface area contributed by atoms with Crippen LogP contribution in [0.15, 0.2) is 10.9 Å². The molecule has 2 rings (SSSR count). The van der Waals surface area contributed by atoms with Crippen molar-refractivity contribution in [1.29, 1.82) is 0 Å². The first-order valence-corrected chi connectivity index (χ1v) is 7.44. The second-order valence-corrected chi connectivity index (χ2v) is 6.32. The molecule has 0 atom stereocenters. The van der Waals surface area contributed by atoms with Gasteiger partial charge >= 0.3 is 0 Å². The van der Waals surface area contributed by atoms with Gasteiger partial charge in [-0.15, -0.1) is 0 Å². The molecule has 0 bridgehead atoms. The van der Waals surface area contributed by atoms with E-state index in [1.54, 1.807) is 0 Å². The van der Waals surface area contributed by atoms with E-state index < -0.39 is 5.41 Å². The van der Waals surface area contributed by atoms with Crippen LogP contribution >= 0.6 is 11.6 Å². The molecule has 1 N–H and O–H groups in total. The van der Waals surface area contributed by atoms with E-state index in [0.29, 0.717) is 10.7 Å². The van der Waals surface area contributed by atoms with E-state index in [0.717, 1.165) is 31.5 Å². The molecule has 0 radical (unpaired) electrons. The van der Waals surface area contributed by atoms with E-state index in [1.807, 2.05) is 25.3 Å². The van der Waals surface area contributed by atoms with Crippen LogP contribution in [-0.2, 0) is 24.3 Å². The fourth-order valence-corrected chi connectivity index (χ4v) is 2.68. The Balaban J connectivity index is 2.22. The molecular weight excluding hydrogens is 276 g/mol. The topological polar surface area (TPSA) is 51.1 Å². The predicted octanol–water partition coefficient (Wildman–Crippen LogP) is 2.50. The van der Waals surface area contributed by atoms with Gasteiger partial charge in [-0.3, -0.25) is 9.59 Å². The zero-order chi connectivity index (χ0) is 14.9. The molecule has 0 saturated carbocycles. The largest absolute Gasteiger partial charge is 0.351 e. The van der Waals surface area contributed by atoms with Gasteiger partial charge in [0.2, 0.25) is 5.91 Å². The third kappa shape index (κ3) is 2.75. The Kier molecular flexibility index (Phi) is 4.23. The van der Waals surface area contributed by atoms with Crippen molar-refractivity contribution in [2.75, 3.05) is 0 Å². The maximum absolute atomic E-state index is 12.1. The first-order chi connectivity index (χ1) is 9.36. The minimum atomic E-state index is -0.411. The van der Waals surface area contributed by atoms with Gasteiger partial charge in [0.15, 0.2) is 5.43 Å². The number of carbonyl (C=O) groups excluding carboxylic acids is 1. The average molecular weight is 297 g/mol. The molecule has 1 aromatic heterocycles. The summed E-state index contributed by atoms with van der Waals surface area (Å²) in [7, 11) is 0. The van der Waals surface area contributed by atoms with Crippen molar-refractivity contribution in [3.05, 3.63) is 32.7 Å². The van der Waals surface area contributed by atoms with Crippen LogP contribution in [0.2, 0.25) is 5.15 Å². The highest BCUT2D eigenvalue weighted by Crippen LogP contribution is 2.23. The van der Waals surface area contributed by atoms with E-state index in [2.05, 4.69) is 5.32 Å². The molecule has 4 nitrogen and oxygen atoms in total. The summed E-state index contributed by atoms with van der Waals surface area (Å²) in [4.78, 5) is 24.2. The Labute approximate surface area is 124 Å². The second kappa shape index (κ2) is 5.60. The molecule has 0 fully saturated rings. The summed E-state index contributed by atoms with van der Waals surface area (Å²) in [5.74, 6) is -0.0221. The molecular formula is C15H21ClN2O2. The molecule has 5 heteroatoms. The van der Waals surface area contributed by atoms with Gasteiger partial charge in [0.1, 0.15) is 5.15 Å². The lowest BCUT2D eigenvalue weighted by Crippen LogP contribution is -2.37. The molecule has 1 aliphatic rings. The highest BCUT2D eigenvalue weighted by molar-refractivity contribution is 6.29. The summed E-state index contributed by atoms with van der Waals surface area (Å²) in [6.07, 6.45) is 2.60. The lowest BCUT2D eigenvalue weighted by atomic mass is 9.89. The lowest BCUT2D eigenvalue weighted by Gasteiger charge is -2.22. The van der Waals surface area contributed by atoms with E-state index in [9.17, 15) is 9.59 Å². The van der Waals surface area contributed by atoms with E-state index in [1.165, 1.54) is 6.07 Å². The average Bonchev–Trinajstić information content (AvgIpc) is 2.87. The van der Waals surface area contributed by atoms with Crippen LogP contribution in [0.4, 0.5) is 0 Å². The molecule has 0 spiro atoms. The van der Waals surface area contributed by atoms with Crippen LogP contribution in [0.3, 0.4) is 0 Å². The molecule has 20 heavy (non-hydrogen) atoms. The number of fused-ring (bicyclic) bond motifs is 1. The summed E-state index contributed by atoms with van der Waals surface area (Å²) in [5.41, 5.74) is 1.15. The van der Waals surface area contributed by atoms with E-state index in [4.69, 9.17) is 11.6 Å². The SMILES string of the molecule is CCC(C)(C)C(=O)NCc1c2n(c(Cl)cc1=O)CCC2. The van der Waals surface area contributed by atoms with Gasteiger partial charge < -0.3 is 9.88 Å². The number of hydrogen-bond acceptors (Lipinski definition) is 2. The normalized spacial score (nSPS) is 14.2. The van der Waals surface area contributed by atoms with Gasteiger partial charge in [0.25, 0.3) is 0 Å². The maximum Gasteiger partial charge on any atom is 0.225 e. The first-order valence-electron chi connectivity index (χ1n) is 7.06. The smallest absolute Gasteiger partial charge is 0.225 e. The van der Waals surface area contributed by atoms with Crippen molar-refractivity contribution >= 4 is 17.5 Å². The summed E-state index contributed by atoms with van der Waals surface area (Å²) >= 11 is 6.08. The first kappa shape index (κ1) is 15.1. The van der Waals surface area contributed by atoms with Gasteiger partial charge in [-0.2, -0.15) is 0 Å². The Morgan fingerprint density at radius 1 is 1.50 bits per heavy atom. The molecule has 0 aromatic carbocycles. The fourth-order valence-electron chi connectivity index (χ4n) is 2.40. The monoisotopic (exact) mass is 296 g/mol. The van der Waals surface area contributed by atoms with Crippen molar-refractivity contribution in [1.82, 2.24) is 9.88 Å². The number of nitrogens with zero attached hydrogens (tertiary/aromatic N) is 1. The van der Waals surface area contributed by atoms with Crippen LogP contribution in [0.25, 0.3) is 0 Å². The molecule has 0 saturated heterocycles. The van der Waals surface area contributed by atoms with Crippen molar-refractivity contribution in [3.63, 3.8) is 0 Å². The Morgan fingerprint density at radius 3 is 2.85 bits per heavy atom. The number of amides is 1. The number of hydrogen-bond donors (Lipinski definition) is 1. The Hall–Kier alpha value is -1.29. The van der Waals surface area contributed by atoms with Crippen LogP contribution in [0.1, 0.15) is 44.9 Å². The zero-order valence-electron chi connectivity index (χ0n) is 12.3. The predicted molar refractivity (Wildman–Crippen MR) is 80.0 cm³/mol. The van der Waals surface area contributed by atoms with Crippen molar-refractivity contribution in [2.45, 2.75) is 53.1 Å². The van der Waals surface area contributed by atoms with Gasteiger partial charge in [-0.25, -0.2) is 0 Å². The number of pyridine rings is 1. The zero-order valence-corrected chi connectivity index (χ0v) is 13.0. The van der Waals surface area contributed by atoms with Crippen LogP contribution in [0, 0.1) is 5.41 Å². The number of aromatic nitrogens is 1. The summed E-state index contributed by atoms with van der Waals surface area (Å²) < 4.78 is 1.97. The second-order valence-electron chi connectivity index (χ2n) is 5.93. The van der Waals surface area contributed by atoms with Crippen molar-refractivity contribution < 1.29 is 4.79 Å². The van der Waals surface area contributed by atoms with Gasteiger partial charge in [-0.05, 0) is 19.3 Å². The molecule has 1 aromatic rings. The third-order valence-electron chi connectivity index (χ3n) is 4.20. The number of rotatable bonds is 4. The standard InChI is InChI=1S/C15H21ClN2O2/c1-4-15(2,3)14(20)17-9-10-11-6-5-7-18(11)13(16)8-12(10)19/h8H,4-7,9H2,1-3H3,(H,17,20). The summed E-state index contributed by atoms with van der Waals surface area (Å²) in [6.45, 7) is 6.92. The highest BCUT2D eigenvalue weighted by Gasteiger charge is 2.26. The molecule has 110 valence electrons. The molecule has 0 unspecified atom stereocenters. The van der Waals surface area contributed by atoms with Gasteiger partial charge in [0.05, 0.1) is 0 Å². The summed E-state index contributed by atoms with van der Waals surface area (Å²) in [6, 6.07) is 1.45. The number of halogens is 1. The van der Waals surface area contributed by atoms with Gasteiger partial charge in [-0.1, -0.05) is 32.4 Å². The van der Waals surface area contributed by atoms with E-state index in [-0.39, 0.29) is 17.9 Å².